The molecule has 7 heteroatoms. The number of esters is 1. The third-order valence-corrected chi connectivity index (χ3v) is 6.85. The Morgan fingerprint density at radius 2 is 1.62 bits per heavy atom. The van der Waals surface area contributed by atoms with Gasteiger partial charge in [0.1, 0.15) is 11.6 Å². The lowest BCUT2D eigenvalue weighted by molar-refractivity contribution is -0.145. The summed E-state index contributed by atoms with van der Waals surface area (Å²) in [6.07, 6.45) is 3.96. The number of amides is 1. The Kier molecular flexibility index (Phi) is 10.3. The molecule has 4 N–H and O–H groups in total. The third kappa shape index (κ3) is 7.95. The van der Waals surface area contributed by atoms with Crippen molar-refractivity contribution < 1.29 is 19.1 Å². The maximum Gasteiger partial charge on any atom is 0.311 e. The van der Waals surface area contributed by atoms with Gasteiger partial charge < -0.3 is 20.5 Å². The molecule has 2 atom stereocenters. The second kappa shape index (κ2) is 14.5. The van der Waals surface area contributed by atoms with Crippen LogP contribution in [-0.2, 0) is 16.0 Å². The number of nitrogens with two attached hydrogens (primary N) is 1. The number of carbonyl (C=O) groups is 2. The Morgan fingerprint density at radius 3 is 2.31 bits per heavy atom. The van der Waals surface area contributed by atoms with Gasteiger partial charge in [0, 0.05) is 11.1 Å². The number of amidine groups is 1. The Labute approximate surface area is 246 Å². The fourth-order valence-corrected chi connectivity index (χ4v) is 4.67. The number of nitrogens with one attached hydrogen (secondary N) is 2. The maximum absolute atomic E-state index is 13.5. The van der Waals surface area contributed by atoms with Gasteiger partial charge in [-0.15, -0.1) is 0 Å². The Bertz CT molecular complexity index is 1550. The van der Waals surface area contributed by atoms with Crippen LogP contribution in [0.2, 0.25) is 0 Å². The van der Waals surface area contributed by atoms with E-state index in [1.165, 1.54) is 7.11 Å². The van der Waals surface area contributed by atoms with Gasteiger partial charge in [-0.2, -0.15) is 0 Å². The summed E-state index contributed by atoms with van der Waals surface area (Å²) in [7, 11) is 1.33. The highest BCUT2D eigenvalue weighted by molar-refractivity contribution is 5.96. The third-order valence-electron chi connectivity index (χ3n) is 6.85. The van der Waals surface area contributed by atoms with Crippen LogP contribution in [0.25, 0.3) is 17.2 Å². The molecule has 0 bridgehead atoms. The second-order valence-electron chi connectivity index (χ2n) is 9.76. The number of nitrogen functional groups attached to an aromatic ring is 1. The molecule has 0 aromatic heterocycles. The molecule has 0 radical (unpaired) electrons. The molecule has 0 aliphatic rings. The lowest BCUT2D eigenvalue weighted by Crippen LogP contribution is -2.43. The summed E-state index contributed by atoms with van der Waals surface area (Å²) in [4.78, 5) is 26.6. The van der Waals surface area contributed by atoms with E-state index in [-0.39, 0.29) is 18.2 Å². The van der Waals surface area contributed by atoms with Crippen molar-refractivity contribution in [2.24, 2.45) is 11.7 Å². The first-order chi connectivity index (χ1) is 20.4. The van der Waals surface area contributed by atoms with Crippen molar-refractivity contribution in [3.05, 3.63) is 131 Å². The topological polar surface area (TPSA) is 115 Å². The van der Waals surface area contributed by atoms with E-state index in [1.807, 2.05) is 91.9 Å². The molecule has 4 aromatic rings. The van der Waals surface area contributed by atoms with E-state index < -0.39 is 17.9 Å². The van der Waals surface area contributed by atoms with Crippen LogP contribution in [0, 0.1) is 11.3 Å². The highest BCUT2D eigenvalue weighted by atomic mass is 16.5. The molecule has 42 heavy (non-hydrogen) atoms. The van der Waals surface area contributed by atoms with Gasteiger partial charge in [0.25, 0.3) is 5.91 Å². The van der Waals surface area contributed by atoms with Crippen LogP contribution in [0.5, 0.6) is 5.75 Å². The fraction of sp³-hybridized carbons (Fsp3) is 0.171. The summed E-state index contributed by atoms with van der Waals surface area (Å²) in [5.74, 6) is -0.794. The first kappa shape index (κ1) is 29.8. The summed E-state index contributed by atoms with van der Waals surface area (Å²) in [5, 5.41) is 10.8. The van der Waals surface area contributed by atoms with Crippen molar-refractivity contribution in [1.29, 1.82) is 5.41 Å². The smallest absolute Gasteiger partial charge is 0.311 e. The van der Waals surface area contributed by atoms with Gasteiger partial charge in [0.15, 0.2) is 0 Å². The van der Waals surface area contributed by atoms with E-state index in [9.17, 15) is 9.59 Å². The van der Waals surface area contributed by atoms with Crippen molar-refractivity contribution in [3.63, 3.8) is 0 Å². The summed E-state index contributed by atoms with van der Waals surface area (Å²) >= 11 is 0. The van der Waals surface area contributed by atoms with Crippen molar-refractivity contribution in [3.8, 4) is 16.9 Å². The Hall–Kier alpha value is -5.17. The molecule has 0 aliphatic heterocycles. The van der Waals surface area contributed by atoms with Gasteiger partial charge >= 0.3 is 5.97 Å². The molecule has 0 saturated heterocycles. The lowest BCUT2D eigenvalue weighted by Gasteiger charge is -2.24. The molecule has 0 spiro atoms. The predicted octanol–water partition coefficient (Wildman–Crippen LogP) is 5.88. The van der Waals surface area contributed by atoms with E-state index in [4.69, 9.17) is 20.6 Å². The average Bonchev–Trinajstić information content (AvgIpc) is 3.02. The van der Waals surface area contributed by atoms with Crippen LogP contribution in [0.1, 0.15) is 34.0 Å². The number of carbonyl (C=O) groups excluding carboxylic acids is 2. The first-order valence-electron chi connectivity index (χ1n) is 13.8. The van der Waals surface area contributed by atoms with Crippen LogP contribution >= 0.6 is 0 Å². The average molecular weight is 562 g/mol. The van der Waals surface area contributed by atoms with Gasteiger partial charge in [-0.3, -0.25) is 15.0 Å². The molecular weight excluding hydrogens is 526 g/mol. The summed E-state index contributed by atoms with van der Waals surface area (Å²) in [6.45, 7) is 2.52. The number of rotatable bonds is 12. The quantitative estimate of drug-likeness (QED) is 0.114. The lowest BCUT2D eigenvalue weighted by atomic mass is 9.90. The zero-order valence-electron chi connectivity index (χ0n) is 23.7. The number of methoxy groups -OCH3 is 1. The summed E-state index contributed by atoms with van der Waals surface area (Å²) in [5.41, 5.74) is 10.4. The SMILES string of the molecule is CCOc1cccc(-c2ccc(C(=O)N[C@H](/C=C/c3ccccc3)[C@@H](Cc3cccc(C(=N)N)c3)C(=O)OC)cc2)c1. The molecule has 0 aliphatic carbocycles. The fourth-order valence-electron chi connectivity index (χ4n) is 4.67. The molecule has 0 fully saturated rings. The van der Waals surface area contributed by atoms with Crippen LogP contribution in [0.3, 0.4) is 0 Å². The van der Waals surface area contributed by atoms with Crippen LogP contribution in [0.4, 0.5) is 0 Å². The zero-order valence-corrected chi connectivity index (χ0v) is 23.7. The highest BCUT2D eigenvalue weighted by Gasteiger charge is 2.30. The normalized spacial score (nSPS) is 12.3. The van der Waals surface area contributed by atoms with Gasteiger partial charge in [-0.1, -0.05) is 84.9 Å². The van der Waals surface area contributed by atoms with Gasteiger partial charge in [-0.05, 0) is 65.9 Å². The minimum atomic E-state index is -0.735. The largest absolute Gasteiger partial charge is 0.494 e. The number of ether oxygens (including phenoxy) is 2. The highest BCUT2D eigenvalue weighted by Crippen LogP contribution is 2.25. The number of hydrogen-bond acceptors (Lipinski definition) is 5. The summed E-state index contributed by atoms with van der Waals surface area (Å²) in [6, 6.07) is 31.2. The molecule has 0 saturated carbocycles. The van der Waals surface area contributed by atoms with Gasteiger partial charge in [0.2, 0.25) is 0 Å². The van der Waals surface area contributed by atoms with Crippen molar-refractivity contribution >= 4 is 23.8 Å². The monoisotopic (exact) mass is 561 g/mol. The Balaban J connectivity index is 1.61. The molecule has 214 valence electrons. The van der Waals surface area contributed by atoms with E-state index in [0.717, 1.165) is 28.0 Å². The van der Waals surface area contributed by atoms with Crippen molar-refractivity contribution in [2.45, 2.75) is 19.4 Å². The van der Waals surface area contributed by atoms with Crippen LogP contribution in [-0.4, -0.2) is 37.5 Å². The molecule has 0 heterocycles. The van der Waals surface area contributed by atoms with E-state index in [1.54, 1.807) is 30.3 Å². The van der Waals surface area contributed by atoms with Crippen molar-refractivity contribution in [2.75, 3.05) is 13.7 Å². The second-order valence-corrected chi connectivity index (χ2v) is 9.76. The van der Waals surface area contributed by atoms with Crippen LogP contribution in [0.15, 0.2) is 109 Å². The minimum absolute atomic E-state index is 0.0617. The molecule has 4 aromatic carbocycles. The van der Waals surface area contributed by atoms with E-state index >= 15 is 0 Å². The molecular formula is C35H35N3O4. The van der Waals surface area contributed by atoms with E-state index in [0.29, 0.717) is 17.7 Å². The van der Waals surface area contributed by atoms with Gasteiger partial charge in [0.05, 0.1) is 25.7 Å². The number of benzene rings is 4. The van der Waals surface area contributed by atoms with Crippen LogP contribution < -0.4 is 15.8 Å². The minimum Gasteiger partial charge on any atom is -0.494 e. The van der Waals surface area contributed by atoms with Crippen molar-refractivity contribution in [1.82, 2.24) is 5.32 Å². The number of hydrogen-bond donors (Lipinski definition) is 3. The molecule has 0 unspecified atom stereocenters. The molecule has 4 rings (SSSR count). The molecule has 7 nitrogen and oxygen atoms in total. The standard InChI is InChI=1S/C35H35N3O4/c1-3-42-30-14-8-12-28(23-30)26-16-18-27(19-17-26)34(39)38-32(20-15-24-9-5-4-6-10-24)31(35(40)41-2)22-25-11-7-13-29(21-25)33(36)37/h4-21,23,31-32H,3,22H2,1-2H3,(H3,36,37)(H,38,39)/b20-15+/t31-,32-/m1/s1. The first-order valence-corrected chi connectivity index (χ1v) is 13.8. The van der Waals surface area contributed by atoms with E-state index in [2.05, 4.69) is 5.32 Å². The molecule has 1 amide bonds. The predicted molar refractivity (Wildman–Crippen MR) is 166 cm³/mol. The van der Waals surface area contributed by atoms with Gasteiger partial charge in [-0.25, -0.2) is 0 Å². The summed E-state index contributed by atoms with van der Waals surface area (Å²) < 4.78 is 10.8. The Morgan fingerprint density at radius 1 is 0.881 bits per heavy atom. The maximum atomic E-state index is 13.5. The zero-order chi connectivity index (χ0) is 29.9.